The fourth-order valence-corrected chi connectivity index (χ4v) is 3.31. The molecular formula is C21H19FN4O2. The van der Waals surface area contributed by atoms with Crippen LogP contribution in [0.1, 0.15) is 21.6 Å². The average molecular weight is 378 g/mol. The van der Waals surface area contributed by atoms with Crippen molar-refractivity contribution >= 4 is 11.8 Å². The molecule has 1 aliphatic heterocycles. The molecule has 2 aromatic carbocycles. The smallest absolute Gasteiger partial charge is 0.276 e. The Bertz CT molecular complexity index is 1070. The highest BCUT2D eigenvalue weighted by Gasteiger charge is 2.27. The maximum atomic E-state index is 14.0. The van der Waals surface area contributed by atoms with Crippen molar-refractivity contribution in [1.82, 2.24) is 20.0 Å². The van der Waals surface area contributed by atoms with E-state index in [9.17, 15) is 14.0 Å². The molecular weight excluding hydrogens is 359 g/mol. The summed E-state index contributed by atoms with van der Waals surface area (Å²) in [5.41, 5.74) is 4.02. The molecule has 28 heavy (non-hydrogen) atoms. The van der Waals surface area contributed by atoms with Crippen LogP contribution in [0.5, 0.6) is 0 Å². The molecule has 3 aromatic rings. The number of carbonyl (C=O) groups is 2. The highest BCUT2D eigenvalue weighted by molar-refractivity contribution is 5.97. The maximum absolute atomic E-state index is 14.0. The number of carbonyl (C=O) groups excluding carboxylic acids is 2. The predicted octanol–water partition coefficient (Wildman–Crippen LogP) is 2.82. The van der Waals surface area contributed by atoms with Crippen molar-refractivity contribution in [3.05, 3.63) is 71.2 Å². The molecule has 0 saturated carbocycles. The zero-order valence-electron chi connectivity index (χ0n) is 15.6. The van der Waals surface area contributed by atoms with Crippen LogP contribution >= 0.6 is 0 Å². The highest BCUT2D eigenvalue weighted by Crippen LogP contribution is 2.27. The fraction of sp³-hybridized carbons (Fsp3) is 0.190. The Balaban J connectivity index is 1.84. The Morgan fingerprint density at radius 2 is 1.93 bits per heavy atom. The van der Waals surface area contributed by atoms with E-state index in [1.807, 2.05) is 44.2 Å². The summed E-state index contributed by atoms with van der Waals surface area (Å²) < 4.78 is 15.7. The van der Waals surface area contributed by atoms with Gasteiger partial charge in [0.25, 0.3) is 5.91 Å². The molecule has 0 bridgehead atoms. The summed E-state index contributed by atoms with van der Waals surface area (Å²) in [6, 6.07) is 14.0. The third-order valence-corrected chi connectivity index (χ3v) is 4.60. The minimum atomic E-state index is -0.353. The molecule has 0 atom stereocenters. The number of nitrogens with one attached hydrogen (secondary N) is 1. The van der Waals surface area contributed by atoms with Gasteiger partial charge in [-0.2, -0.15) is 5.10 Å². The third kappa shape index (κ3) is 3.38. The molecule has 1 N–H and O–H groups in total. The van der Waals surface area contributed by atoms with E-state index in [2.05, 4.69) is 10.4 Å². The zero-order chi connectivity index (χ0) is 19.8. The maximum Gasteiger partial charge on any atom is 0.276 e. The van der Waals surface area contributed by atoms with Gasteiger partial charge in [-0.25, -0.2) is 9.07 Å². The molecule has 1 fully saturated rings. The van der Waals surface area contributed by atoms with Crippen LogP contribution in [-0.4, -0.2) is 39.7 Å². The van der Waals surface area contributed by atoms with Crippen LogP contribution in [0.3, 0.4) is 0 Å². The molecule has 0 radical (unpaired) electrons. The molecule has 7 heteroatoms. The van der Waals surface area contributed by atoms with Gasteiger partial charge < -0.3 is 10.2 Å². The van der Waals surface area contributed by atoms with Gasteiger partial charge in [-0.05, 0) is 61.4 Å². The van der Waals surface area contributed by atoms with Crippen LogP contribution in [0.2, 0.25) is 0 Å². The minimum absolute atomic E-state index is 0.00451. The van der Waals surface area contributed by atoms with Crippen LogP contribution in [0.15, 0.2) is 48.5 Å². The van der Waals surface area contributed by atoms with Crippen molar-refractivity contribution < 1.29 is 14.0 Å². The normalized spacial score (nSPS) is 13.7. The van der Waals surface area contributed by atoms with E-state index in [0.29, 0.717) is 11.3 Å². The first kappa shape index (κ1) is 17.9. The van der Waals surface area contributed by atoms with Gasteiger partial charge in [0.15, 0.2) is 5.69 Å². The third-order valence-electron chi connectivity index (χ3n) is 4.60. The summed E-state index contributed by atoms with van der Waals surface area (Å²) in [6.45, 7) is 3.94. The standard InChI is InChI=1S/C21H19FN4O2/c1-13-4-3-5-17(8-13)26-19(15-6-14(2)7-16(22)9-15)10-18(24-26)21(28)25-11-20(27)23-12-25/h3-10H,11-12H2,1-2H3,(H,23,27). The predicted molar refractivity (Wildman–Crippen MR) is 102 cm³/mol. The van der Waals surface area contributed by atoms with E-state index in [-0.39, 0.29) is 36.5 Å². The van der Waals surface area contributed by atoms with Gasteiger partial charge in [0, 0.05) is 5.56 Å². The van der Waals surface area contributed by atoms with Gasteiger partial charge in [-0.15, -0.1) is 0 Å². The number of nitrogens with zero attached hydrogens (tertiary/aromatic N) is 3. The van der Waals surface area contributed by atoms with E-state index in [1.165, 1.54) is 17.0 Å². The first-order valence-electron chi connectivity index (χ1n) is 8.91. The molecule has 142 valence electrons. The van der Waals surface area contributed by atoms with E-state index in [0.717, 1.165) is 16.8 Å². The van der Waals surface area contributed by atoms with Gasteiger partial charge in [0.1, 0.15) is 12.4 Å². The number of halogens is 1. The number of hydrogen-bond donors (Lipinski definition) is 1. The lowest BCUT2D eigenvalue weighted by atomic mass is 10.1. The van der Waals surface area contributed by atoms with Crippen molar-refractivity contribution in [2.45, 2.75) is 13.8 Å². The number of hydrogen-bond acceptors (Lipinski definition) is 3. The second-order valence-electron chi connectivity index (χ2n) is 6.94. The summed E-state index contributed by atoms with van der Waals surface area (Å²) in [5, 5.41) is 7.10. The van der Waals surface area contributed by atoms with E-state index >= 15 is 0 Å². The lowest BCUT2D eigenvalue weighted by Gasteiger charge is -2.10. The summed E-state index contributed by atoms with van der Waals surface area (Å²) in [5.74, 6) is -0.902. The summed E-state index contributed by atoms with van der Waals surface area (Å²) >= 11 is 0. The van der Waals surface area contributed by atoms with E-state index in [1.54, 1.807) is 10.7 Å². The van der Waals surface area contributed by atoms with Crippen molar-refractivity contribution in [2.75, 3.05) is 13.2 Å². The SMILES string of the molecule is Cc1cc(F)cc(-c2cc(C(=O)N3CNC(=O)C3)nn2-c2cccc(C)c2)c1. The van der Waals surface area contributed by atoms with Gasteiger partial charge in [0.2, 0.25) is 5.91 Å². The van der Waals surface area contributed by atoms with Crippen LogP contribution in [-0.2, 0) is 4.79 Å². The molecule has 0 aliphatic carbocycles. The van der Waals surface area contributed by atoms with Crippen LogP contribution in [0, 0.1) is 19.7 Å². The monoisotopic (exact) mass is 378 g/mol. The fourth-order valence-electron chi connectivity index (χ4n) is 3.31. The number of amides is 2. The topological polar surface area (TPSA) is 67.2 Å². The van der Waals surface area contributed by atoms with Gasteiger partial charge in [0.05, 0.1) is 18.1 Å². The highest BCUT2D eigenvalue weighted by atomic mass is 19.1. The summed E-state index contributed by atoms with van der Waals surface area (Å²) in [4.78, 5) is 25.6. The Morgan fingerprint density at radius 3 is 2.61 bits per heavy atom. The van der Waals surface area contributed by atoms with Crippen molar-refractivity contribution in [3.63, 3.8) is 0 Å². The van der Waals surface area contributed by atoms with Gasteiger partial charge in [-0.1, -0.05) is 12.1 Å². The molecule has 4 rings (SSSR count). The molecule has 1 saturated heterocycles. The molecule has 6 nitrogen and oxygen atoms in total. The Hall–Kier alpha value is -3.48. The summed E-state index contributed by atoms with van der Waals surface area (Å²) in [7, 11) is 0. The quantitative estimate of drug-likeness (QED) is 0.762. The Kier molecular flexibility index (Phi) is 4.43. The Morgan fingerprint density at radius 1 is 1.11 bits per heavy atom. The lowest BCUT2D eigenvalue weighted by molar-refractivity contribution is -0.118. The number of aryl methyl sites for hydroxylation is 2. The van der Waals surface area contributed by atoms with Crippen molar-refractivity contribution in [1.29, 1.82) is 0 Å². The molecule has 2 amide bonds. The molecule has 2 heterocycles. The second kappa shape index (κ2) is 6.92. The minimum Gasteiger partial charge on any atom is -0.337 e. The molecule has 0 spiro atoms. The number of benzene rings is 2. The first-order valence-corrected chi connectivity index (χ1v) is 8.91. The van der Waals surface area contributed by atoms with E-state index < -0.39 is 0 Å². The second-order valence-corrected chi connectivity index (χ2v) is 6.94. The average Bonchev–Trinajstić information content (AvgIpc) is 3.27. The van der Waals surface area contributed by atoms with Gasteiger partial charge >= 0.3 is 0 Å². The van der Waals surface area contributed by atoms with Crippen LogP contribution in [0.25, 0.3) is 16.9 Å². The van der Waals surface area contributed by atoms with Crippen LogP contribution in [0.4, 0.5) is 4.39 Å². The van der Waals surface area contributed by atoms with Crippen molar-refractivity contribution in [2.24, 2.45) is 0 Å². The molecule has 1 aromatic heterocycles. The molecule has 1 aliphatic rings. The number of aromatic nitrogens is 2. The van der Waals surface area contributed by atoms with E-state index in [4.69, 9.17) is 0 Å². The van der Waals surface area contributed by atoms with Gasteiger partial charge in [-0.3, -0.25) is 9.59 Å². The molecule has 0 unspecified atom stereocenters. The summed E-state index contributed by atoms with van der Waals surface area (Å²) in [6.07, 6.45) is 0. The van der Waals surface area contributed by atoms with Crippen molar-refractivity contribution in [3.8, 4) is 16.9 Å². The first-order chi connectivity index (χ1) is 13.4. The van der Waals surface area contributed by atoms with Crippen LogP contribution < -0.4 is 5.32 Å². The zero-order valence-corrected chi connectivity index (χ0v) is 15.6. The number of rotatable bonds is 3. The lowest BCUT2D eigenvalue weighted by Crippen LogP contribution is -2.30. The Labute approximate surface area is 161 Å². The largest absolute Gasteiger partial charge is 0.337 e.